The highest BCUT2D eigenvalue weighted by molar-refractivity contribution is 6.02. The second-order valence-electron chi connectivity index (χ2n) is 3.10. The van der Waals surface area contributed by atoms with Crippen molar-refractivity contribution in [2.24, 2.45) is 0 Å². The molecule has 0 fully saturated rings. The molecule has 2 rings (SSSR count). The Morgan fingerprint density at radius 1 is 1.33 bits per heavy atom. The molecule has 0 aliphatic heterocycles. The number of hydrogen-bond donors (Lipinski definition) is 1. The molecule has 1 aliphatic carbocycles. The van der Waals surface area contributed by atoms with Crippen molar-refractivity contribution in [2.45, 2.75) is 12.8 Å². The van der Waals surface area contributed by atoms with Crippen molar-refractivity contribution in [3.05, 3.63) is 41.5 Å². The first-order valence-electron chi connectivity index (χ1n) is 4.14. The van der Waals surface area contributed by atoms with Crippen molar-refractivity contribution in [1.82, 2.24) is 0 Å². The third kappa shape index (κ3) is 0.981. The summed E-state index contributed by atoms with van der Waals surface area (Å²) < 4.78 is 0. The fourth-order valence-corrected chi connectivity index (χ4v) is 1.64. The SMILES string of the molecule is C=Cc1ccc2c(c1)CCC2=N. The van der Waals surface area contributed by atoms with Crippen LogP contribution in [0, 0.1) is 5.41 Å². The van der Waals surface area contributed by atoms with Crippen LogP contribution in [0.4, 0.5) is 0 Å². The second-order valence-corrected chi connectivity index (χ2v) is 3.10. The zero-order valence-electron chi connectivity index (χ0n) is 6.93. The second kappa shape index (κ2) is 2.59. The zero-order chi connectivity index (χ0) is 8.55. The average molecular weight is 157 g/mol. The van der Waals surface area contributed by atoms with E-state index >= 15 is 0 Å². The van der Waals surface area contributed by atoms with Crippen LogP contribution >= 0.6 is 0 Å². The van der Waals surface area contributed by atoms with Crippen molar-refractivity contribution in [1.29, 1.82) is 5.41 Å². The van der Waals surface area contributed by atoms with Gasteiger partial charge in [-0.15, -0.1) is 0 Å². The third-order valence-electron chi connectivity index (χ3n) is 2.33. The van der Waals surface area contributed by atoms with Gasteiger partial charge < -0.3 is 5.41 Å². The number of aryl methyl sites for hydroxylation is 1. The lowest BCUT2D eigenvalue weighted by Crippen LogP contribution is -1.90. The topological polar surface area (TPSA) is 23.9 Å². The molecule has 1 N–H and O–H groups in total. The van der Waals surface area contributed by atoms with Crippen LogP contribution in [-0.4, -0.2) is 5.71 Å². The van der Waals surface area contributed by atoms with E-state index in [0.29, 0.717) is 0 Å². The maximum Gasteiger partial charge on any atom is 0.0392 e. The summed E-state index contributed by atoms with van der Waals surface area (Å²) in [4.78, 5) is 0. The van der Waals surface area contributed by atoms with Gasteiger partial charge in [0.2, 0.25) is 0 Å². The first-order valence-corrected chi connectivity index (χ1v) is 4.14. The van der Waals surface area contributed by atoms with Gasteiger partial charge in [0.25, 0.3) is 0 Å². The standard InChI is InChI=1S/C11H11N/c1-2-8-3-5-10-9(7-8)4-6-11(10)12/h2-3,5,7,12H,1,4,6H2. The smallest absolute Gasteiger partial charge is 0.0392 e. The lowest BCUT2D eigenvalue weighted by atomic mass is 10.1. The number of fused-ring (bicyclic) bond motifs is 1. The van der Waals surface area contributed by atoms with E-state index in [-0.39, 0.29) is 0 Å². The van der Waals surface area contributed by atoms with Crippen molar-refractivity contribution in [2.75, 3.05) is 0 Å². The molecule has 0 atom stereocenters. The molecule has 0 radical (unpaired) electrons. The van der Waals surface area contributed by atoms with E-state index in [2.05, 4.69) is 12.6 Å². The summed E-state index contributed by atoms with van der Waals surface area (Å²) in [6, 6.07) is 6.18. The monoisotopic (exact) mass is 157 g/mol. The first-order chi connectivity index (χ1) is 5.81. The molecule has 0 spiro atoms. The highest BCUT2D eigenvalue weighted by Crippen LogP contribution is 2.22. The van der Waals surface area contributed by atoms with Gasteiger partial charge in [-0.05, 0) is 29.5 Å². The molecule has 1 heteroatoms. The summed E-state index contributed by atoms with van der Waals surface area (Å²) in [5.74, 6) is 0. The van der Waals surface area contributed by atoms with Crippen LogP contribution in [0.15, 0.2) is 24.8 Å². The van der Waals surface area contributed by atoms with E-state index in [9.17, 15) is 0 Å². The Balaban J connectivity index is 2.55. The van der Waals surface area contributed by atoms with Crippen LogP contribution < -0.4 is 0 Å². The van der Waals surface area contributed by atoms with E-state index in [0.717, 1.165) is 29.7 Å². The largest absolute Gasteiger partial charge is 0.305 e. The predicted octanol–water partition coefficient (Wildman–Crippen LogP) is 2.64. The summed E-state index contributed by atoms with van der Waals surface area (Å²) in [6.45, 7) is 3.72. The molecule has 1 aromatic rings. The van der Waals surface area contributed by atoms with Gasteiger partial charge in [-0.25, -0.2) is 0 Å². The van der Waals surface area contributed by atoms with Gasteiger partial charge in [-0.3, -0.25) is 0 Å². The molecular weight excluding hydrogens is 146 g/mol. The minimum atomic E-state index is 0.778. The van der Waals surface area contributed by atoms with Gasteiger partial charge in [0.15, 0.2) is 0 Å². The predicted molar refractivity (Wildman–Crippen MR) is 51.7 cm³/mol. The quantitative estimate of drug-likeness (QED) is 0.648. The van der Waals surface area contributed by atoms with E-state index < -0.39 is 0 Å². The van der Waals surface area contributed by atoms with Crippen LogP contribution in [0.5, 0.6) is 0 Å². The summed E-state index contributed by atoms with van der Waals surface area (Å²) in [7, 11) is 0. The van der Waals surface area contributed by atoms with Gasteiger partial charge in [0.05, 0.1) is 0 Å². The molecule has 60 valence electrons. The summed E-state index contributed by atoms with van der Waals surface area (Å²) in [5, 5.41) is 7.63. The molecule has 0 heterocycles. The Kier molecular flexibility index (Phi) is 1.58. The van der Waals surface area contributed by atoms with Crippen LogP contribution in [0.2, 0.25) is 0 Å². The molecule has 0 amide bonds. The molecule has 1 aromatic carbocycles. The Bertz CT molecular complexity index is 350. The number of benzene rings is 1. The average Bonchev–Trinajstić information content (AvgIpc) is 2.47. The first kappa shape index (κ1) is 7.29. The third-order valence-corrected chi connectivity index (χ3v) is 2.33. The van der Waals surface area contributed by atoms with E-state index in [1.807, 2.05) is 18.2 Å². The van der Waals surface area contributed by atoms with Gasteiger partial charge in [0, 0.05) is 5.71 Å². The Labute approximate surface area is 72.2 Å². The van der Waals surface area contributed by atoms with E-state index in [1.165, 1.54) is 5.56 Å². The Morgan fingerprint density at radius 2 is 2.17 bits per heavy atom. The normalized spacial score (nSPS) is 14.5. The molecule has 1 nitrogen and oxygen atoms in total. The molecule has 12 heavy (non-hydrogen) atoms. The fourth-order valence-electron chi connectivity index (χ4n) is 1.64. The van der Waals surface area contributed by atoms with Crippen molar-refractivity contribution >= 4 is 11.8 Å². The molecule has 0 saturated heterocycles. The highest BCUT2D eigenvalue weighted by atomic mass is 14.4. The van der Waals surface area contributed by atoms with Gasteiger partial charge in [-0.2, -0.15) is 0 Å². The minimum Gasteiger partial charge on any atom is -0.305 e. The van der Waals surface area contributed by atoms with Crippen LogP contribution in [-0.2, 0) is 6.42 Å². The Hall–Kier alpha value is -1.37. The minimum absolute atomic E-state index is 0.778. The zero-order valence-corrected chi connectivity index (χ0v) is 6.93. The van der Waals surface area contributed by atoms with Gasteiger partial charge in [-0.1, -0.05) is 30.9 Å². The Morgan fingerprint density at radius 3 is 2.92 bits per heavy atom. The summed E-state index contributed by atoms with van der Waals surface area (Å²) in [6.07, 6.45) is 3.77. The van der Waals surface area contributed by atoms with Gasteiger partial charge in [0.1, 0.15) is 0 Å². The molecule has 0 saturated carbocycles. The lowest BCUT2D eigenvalue weighted by Gasteiger charge is -1.99. The van der Waals surface area contributed by atoms with Crippen molar-refractivity contribution < 1.29 is 0 Å². The van der Waals surface area contributed by atoms with Gasteiger partial charge >= 0.3 is 0 Å². The number of nitrogens with one attached hydrogen (secondary N) is 1. The number of hydrogen-bond acceptors (Lipinski definition) is 1. The molecule has 0 aromatic heterocycles. The van der Waals surface area contributed by atoms with E-state index in [1.54, 1.807) is 0 Å². The summed E-state index contributed by atoms with van der Waals surface area (Å²) >= 11 is 0. The lowest BCUT2D eigenvalue weighted by molar-refractivity contribution is 1.09. The van der Waals surface area contributed by atoms with E-state index in [4.69, 9.17) is 5.41 Å². The molecule has 1 aliphatic rings. The summed E-state index contributed by atoms with van der Waals surface area (Å²) in [5.41, 5.74) is 4.36. The van der Waals surface area contributed by atoms with Crippen LogP contribution in [0.25, 0.3) is 6.08 Å². The molecule has 0 bridgehead atoms. The van der Waals surface area contributed by atoms with Crippen LogP contribution in [0.3, 0.4) is 0 Å². The van der Waals surface area contributed by atoms with Crippen LogP contribution in [0.1, 0.15) is 23.1 Å². The van der Waals surface area contributed by atoms with Crippen molar-refractivity contribution in [3.8, 4) is 0 Å². The maximum atomic E-state index is 7.63. The maximum absolute atomic E-state index is 7.63. The molecular formula is C11H11N. The highest BCUT2D eigenvalue weighted by Gasteiger charge is 2.15. The molecule has 0 unspecified atom stereocenters. The number of rotatable bonds is 1. The fraction of sp³-hybridized carbons (Fsp3) is 0.182. The van der Waals surface area contributed by atoms with Crippen molar-refractivity contribution in [3.63, 3.8) is 0 Å².